The third-order valence-corrected chi connectivity index (χ3v) is 11.0. The van der Waals surface area contributed by atoms with Crippen molar-refractivity contribution in [1.82, 2.24) is 4.98 Å². The summed E-state index contributed by atoms with van der Waals surface area (Å²) in [5, 5.41) is 18.9. The van der Waals surface area contributed by atoms with Gasteiger partial charge >= 0.3 is 0 Å². The molecule has 51 heavy (non-hydrogen) atoms. The molecule has 0 spiro atoms. The summed E-state index contributed by atoms with van der Waals surface area (Å²) < 4.78 is 30.1. The molecule has 5 rings (SSSR count). The van der Waals surface area contributed by atoms with Gasteiger partial charge in [0.1, 0.15) is 11.8 Å². The molecule has 0 aliphatic heterocycles. The number of aryl methyl sites for hydroxylation is 3. The molecular formula is C41H46N6O2S2. The third kappa shape index (κ3) is 10.1. The summed E-state index contributed by atoms with van der Waals surface area (Å²) in [5.74, 6) is 0. The van der Waals surface area contributed by atoms with E-state index in [4.69, 9.17) is 0 Å². The molecule has 0 atom stereocenters. The molecule has 5 aromatic rings. The van der Waals surface area contributed by atoms with Gasteiger partial charge < -0.3 is 4.90 Å². The number of sulfonamides is 1. The third-order valence-electron chi connectivity index (χ3n) is 8.61. The van der Waals surface area contributed by atoms with Gasteiger partial charge in [0.05, 0.1) is 10.6 Å². The molecule has 0 fully saturated rings. The maximum absolute atomic E-state index is 13.7. The van der Waals surface area contributed by atoms with Gasteiger partial charge in [-0.15, -0.1) is 10.2 Å². The summed E-state index contributed by atoms with van der Waals surface area (Å²) in [7, 11) is -3.97. The summed E-state index contributed by atoms with van der Waals surface area (Å²) in [4.78, 5) is 7.54. The number of azo groups is 1. The monoisotopic (exact) mass is 718 g/mol. The van der Waals surface area contributed by atoms with Crippen LogP contribution in [0.15, 0.2) is 112 Å². The fraction of sp³-hybridized carbons (Fsp3) is 0.317. The highest BCUT2D eigenvalue weighted by Crippen LogP contribution is 2.40. The van der Waals surface area contributed by atoms with Crippen molar-refractivity contribution in [3.05, 3.63) is 119 Å². The van der Waals surface area contributed by atoms with Crippen LogP contribution in [0.4, 0.5) is 33.6 Å². The van der Waals surface area contributed by atoms with E-state index in [1.807, 2.05) is 6.07 Å². The van der Waals surface area contributed by atoms with Crippen molar-refractivity contribution in [3.63, 3.8) is 0 Å². The molecule has 1 N–H and O–H groups in total. The molecule has 0 aliphatic carbocycles. The van der Waals surface area contributed by atoms with Crippen LogP contribution in [-0.4, -0.2) is 13.4 Å². The van der Waals surface area contributed by atoms with Crippen LogP contribution in [0, 0.1) is 11.3 Å². The van der Waals surface area contributed by atoms with Gasteiger partial charge in [0.2, 0.25) is 5.13 Å². The minimum absolute atomic E-state index is 0.135. The van der Waals surface area contributed by atoms with Crippen molar-refractivity contribution in [2.45, 2.75) is 89.9 Å². The van der Waals surface area contributed by atoms with Crippen molar-refractivity contribution in [2.24, 2.45) is 10.2 Å². The number of nitrogens with zero attached hydrogens (tertiary/aromatic N) is 5. The Balaban J connectivity index is 1.58. The average molecular weight is 719 g/mol. The van der Waals surface area contributed by atoms with Crippen molar-refractivity contribution in [2.75, 3.05) is 9.62 Å². The second kappa shape index (κ2) is 18.4. The van der Waals surface area contributed by atoms with Gasteiger partial charge in [-0.25, -0.2) is 13.4 Å². The molecule has 4 aromatic carbocycles. The maximum atomic E-state index is 13.7. The van der Waals surface area contributed by atoms with Gasteiger partial charge in [0.25, 0.3) is 10.0 Å². The number of aromatic nitrogens is 1. The minimum atomic E-state index is -3.97. The van der Waals surface area contributed by atoms with E-state index in [2.05, 4.69) is 100 Å². The second-order valence-electron chi connectivity index (χ2n) is 12.5. The lowest BCUT2D eigenvalue weighted by molar-refractivity contribution is 0.601. The van der Waals surface area contributed by atoms with Gasteiger partial charge in [-0.05, 0) is 104 Å². The first-order valence-electron chi connectivity index (χ1n) is 17.9. The summed E-state index contributed by atoms with van der Waals surface area (Å²) >= 11 is 1.34. The molecule has 0 saturated carbocycles. The topological polar surface area (TPSA) is 111 Å². The second-order valence-corrected chi connectivity index (χ2v) is 15.3. The van der Waals surface area contributed by atoms with Crippen LogP contribution >= 0.6 is 11.3 Å². The van der Waals surface area contributed by atoms with Gasteiger partial charge in [0.15, 0.2) is 5.69 Å². The van der Waals surface area contributed by atoms with Crippen LogP contribution in [0.1, 0.15) is 87.4 Å². The van der Waals surface area contributed by atoms with Crippen molar-refractivity contribution >= 4 is 54.9 Å². The SMILES string of the molecule is CCCCCc1sc(/N=N/c2ccc(N(c3ccc(CCCC)cc3)c3ccc(CCCC)cc3)cc2NS(=O)(=O)c2ccccc2)nc1C#N. The van der Waals surface area contributed by atoms with E-state index < -0.39 is 10.0 Å². The summed E-state index contributed by atoms with van der Waals surface area (Å²) in [6.45, 7) is 6.53. The number of hydrogen-bond acceptors (Lipinski definition) is 8. The van der Waals surface area contributed by atoms with Crippen LogP contribution in [0.2, 0.25) is 0 Å². The van der Waals surface area contributed by atoms with Crippen LogP contribution in [-0.2, 0) is 29.3 Å². The van der Waals surface area contributed by atoms with Crippen molar-refractivity contribution in [3.8, 4) is 6.07 Å². The van der Waals surface area contributed by atoms with E-state index in [-0.39, 0.29) is 10.6 Å². The standard InChI is InChI=1S/C41H46N6O2S2/c1-4-7-11-18-40-39(30-42)43-41(50-40)45-44-37-28-27-35(29-38(37)46-51(48,49)36-16-12-10-13-17-36)47(33-23-19-31(20-24-33)14-8-5-2)34-25-21-32(22-26-34)15-9-6-3/h10,12-13,16-17,19-29,46H,4-9,11,14-15,18H2,1-3H3/b45-44+. The lowest BCUT2D eigenvalue weighted by Crippen LogP contribution is -2.14. The molecule has 0 aliphatic rings. The molecule has 0 bridgehead atoms. The number of hydrogen-bond donors (Lipinski definition) is 1. The molecule has 0 radical (unpaired) electrons. The number of unbranched alkanes of at least 4 members (excludes halogenated alkanes) is 4. The van der Waals surface area contributed by atoms with Gasteiger partial charge in [-0.1, -0.05) is 100 Å². The summed E-state index contributed by atoms with van der Waals surface area (Å²) in [6.07, 6.45) is 10.4. The van der Waals surface area contributed by atoms with E-state index in [0.29, 0.717) is 16.5 Å². The zero-order chi connectivity index (χ0) is 36.1. The molecule has 8 nitrogen and oxygen atoms in total. The molecule has 0 amide bonds. The van der Waals surface area contributed by atoms with E-state index >= 15 is 0 Å². The molecular weight excluding hydrogens is 673 g/mol. The normalized spacial score (nSPS) is 11.5. The first-order chi connectivity index (χ1) is 24.8. The highest BCUT2D eigenvalue weighted by molar-refractivity contribution is 7.92. The fourth-order valence-electron chi connectivity index (χ4n) is 5.74. The lowest BCUT2D eigenvalue weighted by atomic mass is 10.1. The Morgan fingerprint density at radius 2 is 1.31 bits per heavy atom. The Hall–Kier alpha value is -4.85. The number of thiazole rings is 1. The van der Waals surface area contributed by atoms with Gasteiger partial charge in [0, 0.05) is 21.9 Å². The van der Waals surface area contributed by atoms with Gasteiger partial charge in [-0.3, -0.25) is 4.72 Å². The highest BCUT2D eigenvalue weighted by atomic mass is 32.2. The Kier molecular flexibility index (Phi) is 13.5. The van der Waals surface area contributed by atoms with Crippen LogP contribution < -0.4 is 9.62 Å². The number of nitrogens with one attached hydrogen (secondary N) is 1. The van der Waals surface area contributed by atoms with E-state index in [1.54, 1.807) is 42.5 Å². The molecule has 1 aromatic heterocycles. The molecule has 10 heteroatoms. The predicted octanol–water partition coefficient (Wildman–Crippen LogP) is 12.1. The Bertz CT molecular complexity index is 1980. The largest absolute Gasteiger partial charge is 0.310 e. The zero-order valence-electron chi connectivity index (χ0n) is 29.7. The van der Waals surface area contributed by atoms with Gasteiger partial charge in [-0.2, -0.15) is 5.26 Å². The maximum Gasteiger partial charge on any atom is 0.261 e. The minimum Gasteiger partial charge on any atom is -0.310 e. The first-order valence-corrected chi connectivity index (χ1v) is 20.2. The summed E-state index contributed by atoms with van der Waals surface area (Å²) in [6, 6.07) is 33.0. The van der Waals surface area contributed by atoms with Crippen LogP contribution in [0.25, 0.3) is 0 Å². The predicted molar refractivity (Wildman–Crippen MR) is 210 cm³/mol. The summed E-state index contributed by atoms with van der Waals surface area (Å²) in [5.41, 5.74) is 6.16. The molecule has 0 unspecified atom stereocenters. The Morgan fingerprint density at radius 3 is 1.88 bits per heavy atom. The smallest absolute Gasteiger partial charge is 0.261 e. The number of rotatable bonds is 18. The van der Waals surface area contributed by atoms with E-state index in [9.17, 15) is 13.7 Å². The molecule has 0 saturated heterocycles. The molecule has 264 valence electrons. The Labute approximate surface area is 307 Å². The highest BCUT2D eigenvalue weighted by Gasteiger charge is 2.20. The average Bonchev–Trinajstić information content (AvgIpc) is 3.56. The van der Waals surface area contributed by atoms with Crippen molar-refractivity contribution in [1.29, 1.82) is 5.26 Å². The first kappa shape index (κ1) is 37.4. The van der Waals surface area contributed by atoms with E-state index in [0.717, 1.165) is 86.1 Å². The molecule has 1 heterocycles. The Morgan fingerprint density at radius 1 is 0.725 bits per heavy atom. The lowest BCUT2D eigenvalue weighted by Gasteiger charge is -2.27. The zero-order valence-corrected chi connectivity index (χ0v) is 31.3. The van der Waals surface area contributed by atoms with Crippen LogP contribution in [0.5, 0.6) is 0 Å². The number of nitriles is 1. The van der Waals surface area contributed by atoms with Crippen molar-refractivity contribution < 1.29 is 8.42 Å². The quantitative estimate of drug-likeness (QED) is 0.0716. The van der Waals surface area contributed by atoms with E-state index in [1.165, 1.54) is 22.5 Å². The fourth-order valence-corrected chi connectivity index (χ4v) is 7.70. The number of anilines is 4. The van der Waals surface area contributed by atoms with Crippen LogP contribution in [0.3, 0.4) is 0 Å². The number of benzene rings is 4.